The third-order valence-electron chi connectivity index (χ3n) is 2.07. The Labute approximate surface area is 87.2 Å². The molecule has 15 heavy (non-hydrogen) atoms. The minimum atomic E-state index is -1.48. The van der Waals surface area contributed by atoms with Crippen LogP contribution in [0.4, 0.5) is 0 Å². The average Bonchev–Trinajstić information content (AvgIpc) is 1.99. The highest BCUT2D eigenvalue weighted by molar-refractivity contribution is 5.99. The Kier molecular flexibility index (Phi) is 3.09. The van der Waals surface area contributed by atoms with Gasteiger partial charge in [-0.1, -0.05) is 29.3 Å². The number of aryl methyl sites for hydroxylation is 2. The fourth-order valence-corrected chi connectivity index (χ4v) is 1.57. The summed E-state index contributed by atoms with van der Waals surface area (Å²) < 4.78 is 0. The van der Waals surface area contributed by atoms with Gasteiger partial charge in [0, 0.05) is 0 Å². The van der Waals surface area contributed by atoms with Crippen LogP contribution in [-0.2, 0) is 9.59 Å². The monoisotopic (exact) mass is 208 g/mol. The Morgan fingerprint density at radius 1 is 1.00 bits per heavy atom. The van der Waals surface area contributed by atoms with Crippen LogP contribution in [0.3, 0.4) is 0 Å². The molecule has 0 atom stereocenters. The lowest BCUT2D eigenvalue weighted by atomic mass is 9.96. The highest BCUT2D eigenvalue weighted by Gasteiger charge is 2.27. The van der Waals surface area contributed by atoms with Crippen molar-refractivity contribution >= 4 is 11.9 Å². The van der Waals surface area contributed by atoms with Crippen LogP contribution in [0.2, 0.25) is 0 Å². The van der Waals surface area contributed by atoms with E-state index >= 15 is 0 Å². The van der Waals surface area contributed by atoms with Gasteiger partial charge in [-0.3, -0.25) is 9.59 Å². The summed E-state index contributed by atoms with van der Waals surface area (Å²) in [5.41, 5.74) is 2.03. The standard InChI is InChI=1S/C11H12O4/c1-6-3-7(2)5-8(4-6)9(10(12)13)11(14)15/h3-5,9H,1-2H3,(H,12,13)(H,14,15). The zero-order valence-electron chi connectivity index (χ0n) is 8.52. The second-order valence-electron chi connectivity index (χ2n) is 3.53. The number of carboxylic acids is 2. The molecule has 0 aliphatic carbocycles. The normalized spacial score (nSPS) is 10.3. The summed E-state index contributed by atoms with van der Waals surface area (Å²) in [5, 5.41) is 17.6. The van der Waals surface area contributed by atoms with Gasteiger partial charge in [-0.25, -0.2) is 0 Å². The molecule has 0 fully saturated rings. The molecule has 0 saturated heterocycles. The molecule has 0 bridgehead atoms. The minimum Gasteiger partial charge on any atom is -0.480 e. The van der Waals surface area contributed by atoms with Gasteiger partial charge in [0.05, 0.1) is 0 Å². The maximum absolute atomic E-state index is 10.8. The third-order valence-corrected chi connectivity index (χ3v) is 2.07. The number of benzene rings is 1. The van der Waals surface area contributed by atoms with Crippen molar-refractivity contribution in [2.75, 3.05) is 0 Å². The smallest absolute Gasteiger partial charge is 0.322 e. The largest absolute Gasteiger partial charge is 0.480 e. The van der Waals surface area contributed by atoms with E-state index in [-0.39, 0.29) is 0 Å². The zero-order chi connectivity index (χ0) is 11.6. The second-order valence-corrected chi connectivity index (χ2v) is 3.53. The molecule has 4 heteroatoms. The van der Waals surface area contributed by atoms with Crippen LogP contribution in [0.15, 0.2) is 18.2 Å². The van der Waals surface area contributed by atoms with Crippen molar-refractivity contribution in [3.8, 4) is 0 Å². The van der Waals surface area contributed by atoms with Crippen LogP contribution in [0, 0.1) is 13.8 Å². The summed E-state index contributed by atoms with van der Waals surface area (Å²) in [5.74, 6) is -4.16. The lowest BCUT2D eigenvalue weighted by Crippen LogP contribution is -2.21. The van der Waals surface area contributed by atoms with E-state index in [1.54, 1.807) is 26.0 Å². The summed E-state index contributed by atoms with van der Waals surface area (Å²) in [4.78, 5) is 21.6. The average molecular weight is 208 g/mol. The Morgan fingerprint density at radius 3 is 1.73 bits per heavy atom. The molecule has 0 radical (unpaired) electrons. The van der Waals surface area contributed by atoms with E-state index in [1.165, 1.54) is 0 Å². The Hall–Kier alpha value is -1.84. The molecular weight excluding hydrogens is 196 g/mol. The number of hydrogen-bond acceptors (Lipinski definition) is 2. The van der Waals surface area contributed by atoms with Crippen molar-refractivity contribution < 1.29 is 19.8 Å². The van der Waals surface area contributed by atoms with Crippen molar-refractivity contribution in [1.29, 1.82) is 0 Å². The summed E-state index contributed by atoms with van der Waals surface area (Å²) in [6, 6.07) is 5.03. The predicted molar refractivity (Wildman–Crippen MR) is 53.9 cm³/mol. The number of carbonyl (C=O) groups is 2. The molecule has 1 rings (SSSR count). The molecule has 0 amide bonds. The van der Waals surface area contributed by atoms with E-state index in [9.17, 15) is 9.59 Å². The second kappa shape index (κ2) is 4.13. The van der Waals surface area contributed by atoms with Crippen molar-refractivity contribution in [1.82, 2.24) is 0 Å². The molecule has 4 nitrogen and oxygen atoms in total. The van der Waals surface area contributed by atoms with Crippen LogP contribution in [-0.4, -0.2) is 22.2 Å². The molecule has 0 saturated carbocycles. The van der Waals surface area contributed by atoms with Gasteiger partial charge < -0.3 is 10.2 Å². The van der Waals surface area contributed by atoms with E-state index in [0.717, 1.165) is 11.1 Å². The zero-order valence-corrected chi connectivity index (χ0v) is 8.52. The molecule has 2 N–H and O–H groups in total. The van der Waals surface area contributed by atoms with Crippen LogP contribution in [0.25, 0.3) is 0 Å². The number of hydrogen-bond donors (Lipinski definition) is 2. The van der Waals surface area contributed by atoms with E-state index in [1.807, 2.05) is 6.07 Å². The van der Waals surface area contributed by atoms with Crippen LogP contribution in [0.1, 0.15) is 22.6 Å². The van der Waals surface area contributed by atoms with E-state index in [0.29, 0.717) is 5.56 Å². The van der Waals surface area contributed by atoms with Crippen LogP contribution < -0.4 is 0 Å². The van der Waals surface area contributed by atoms with Crippen molar-refractivity contribution in [2.45, 2.75) is 19.8 Å². The number of aliphatic carboxylic acids is 2. The number of carboxylic acid groups (broad SMARTS) is 2. The highest BCUT2D eigenvalue weighted by atomic mass is 16.4. The topological polar surface area (TPSA) is 74.6 Å². The van der Waals surface area contributed by atoms with Gasteiger partial charge in [0.1, 0.15) is 0 Å². The van der Waals surface area contributed by atoms with Crippen molar-refractivity contribution in [3.63, 3.8) is 0 Å². The molecule has 0 aromatic heterocycles. The Bertz CT molecular complexity index is 375. The lowest BCUT2D eigenvalue weighted by Gasteiger charge is -2.09. The minimum absolute atomic E-state index is 0.313. The Morgan fingerprint density at radius 2 is 1.40 bits per heavy atom. The Balaban J connectivity index is 3.22. The lowest BCUT2D eigenvalue weighted by molar-refractivity contribution is -0.150. The van der Waals surface area contributed by atoms with Gasteiger partial charge >= 0.3 is 11.9 Å². The molecule has 0 aliphatic rings. The van der Waals surface area contributed by atoms with Crippen LogP contribution in [0.5, 0.6) is 0 Å². The van der Waals surface area contributed by atoms with Gasteiger partial charge in [-0.15, -0.1) is 0 Å². The first-order valence-corrected chi connectivity index (χ1v) is 4.45. The highest BCUT2D eigenvalue weighted by Crippen LogP contribution is 2.19. The van der Waals surface area contributed by atoms with Gasteiger partial charge in [-0.2, -0.15) is 0 Å². The summed E-state index contributed by atoms with van der Waals surface area (Å²) in [7, 11) is 0. The fourth-order valence-electron chi connectivity index (χ4n) is 1.57. The molecule has 0 heterocycles. The molecule has 1 aromatic carbocycles. The molecule has 0 spiro atoms. The molecule has 80 valence electrons. The van der Waals surface area contributed by atoms with Gasteiger partial charge in [0.2, 0.25) is 0 Å². The third kappa shape index (κ3) is 2.56. The maximum atomic E-state index is 10.8. The molecule has 1 aromatic rings. The summed E-state index contributed by atoms with van der Waals surface area (Å²) in [6.45, 7) is 3.61. The first kappa shape index (κ1) is 11.2. The van der Waals surface area contributed by atoms with Crippen molar-refractivity contribution in [2.24, 2.45) is 0 Å². The summed E-state index contributed by atoms with van der Waals surface area (Å²) >= 11 is 0. The van der Waals surface area contributed by atoms with E-state index < -0.39 is 17.9 Å². The molecular formula is C11H12O4. The SMILES string of the molecule is Cc1cc(C)cc(C(C(=O)O)C(=O)O)c1. The van der Waals surface area contributed by atoms with Gasteiger partial charge in [0.15, 0.2) is 5.92 Å². The first-order valence-electron chi connectivity index (χ1n) is 4.45. The predicted octanol–water partition coefficient (Wildman–Crippen LogP) is 1.56. The maximum Gasteiger partial charge on any atom is 0.322 e. The van der Waals surface area contributed by atoms with Crippen LogP contribution >= 0.6 is 0 Å². The quantitative estimate of drug-likeness (QED) is 0.739. The number of rotatable bonds is 3. The van der Waals surface area contributed by atoms with Crippen molar-refractivity contribution in [3.05, 3.63) is 34.9 Å². The van der Waals surface area contributed by atoms with Gasteiger partial charge in [-0.05, 0) is 19.4 Å². The molecule has 0 unspecified atom stereocenters. The first-order chi connectivity index (χ1) is 6.91. The summed E-state index contributed by atoms with van der Waals surface area (Å²) in [6.07, 6.45) is 0. The molecule has 0 aliphatic heterocycles. The fraction of sp³-hybridized carbons (Fsp3) is 0.273. The van der Waals surface area contributed by atoms with E-state index in [2.05, 4.69) is 0 Å². The van der Waals surface area contributed by atoms with Gasteiger partial charge in [0.25, 0.3) is 0 Å². The van der Waals surface area contributed by atoms with E-state index in [4.69, 9.17) is 10.2 Å².